The number of halogens is 1. The van der Waals surface area contributed by atoms with Crippen LogP contribution in [0.3, 0.4) is 0 Å². The number of aliphatic hydroxyl groups is 1. The Bertz CT molecular complexity index is 157. The van der Waals surface area contributed by atoms with E-state index in [1.165, 1.54) is 0 Å². The zero-order valence-electron chi connectivity index (χ0n) is 7.66. The van der Waals surface area contributed by atoms with Crippen LogP contribution in [0.2, 0.25) is 0 Å². The normalized spacial score (nSPS) is 27.5. The Hall–Kier alpha value is -0.320. The standard InChI is InChI=1S/C8H15NO3.ClH/c1-2-12-8(11)7-4-3-6(10)5-9-7;/h6-7,9-10H,2-5H2,1H3;1H/t6-,7-;/m0./s1. The van der Waals surface area contributed by atoms with Crippen LogP contribution in [-0.4, -0.2) is 36.4 Å². The fourth-order valence-electron chi connectivity index (χ4n) is 1.29. The van der Waals surface area contributed by atoms with E-state index >= 15 is 0 Å². The van der Waals surface area contributed by atoms with Gasteiger partial charge in [0.1, 0.15) is 6.04 Å². The van der Waals surface area contributed by atoms with Crippen LogP contribution in [0.1, 0.15) is 19.8 Å². The van der Waals surface area contributed by atoms with Gasteiger partial charge in [0.15, 0.2) is 0 Å². The molecule has 0 aromatic carbocycles. The van der Waals surface area contributed by atoms with Crippen molar-refractivity contribution in [2.45, 2.75) is 31.9 Å². The fraction of sp³-hybridized carbons (Fsp3) is 0.875. The van der Waals surface area contributed by atoms with Crippen molar-refractivity contribution in [3.63, 3.8) is 0 Å². The summed E-state index contributed by atoms with van der Waals surface area (Å²) in [6.45, 7) is 2.69. The second-order valence-electron chi connectivity index (χ2n) is 2.94. The van der Waals surface area contributed by atoms with Gasteiger partial charge in [-0.25, -0.2) is 0 Å². The minimum absolute atomic E-state index is 0. The third-order valence-corrected chi connectivity index (χ3v) is 1.96. The number of carbonyl (C=O) groups is 1. The second kappa shape index (κ2) is 6.18. The van der Waals surface area contributed by atoms with Gasteiger partial charge >= 0.3 is 5.97 Å². The predicted octanol–water partition coefficient (Wildman–Crippen LogP) is 0.0842. The van der Waals surface area contributed by atoms with E-state index in [1.807, 2.05) is 0 Å². The van der Waals surface area contributed by atoms with E-state index in [1.54, 1.807) is 6.92 Å². The number of β-amino-alcohol motifs (C(OH)–C–C–N with tert-alkyl or cyclic N) is 1. The zero-order valence-corrected chi connectivity index (χ0v) is 8.47. The summed E-state index contributed by atoms with van der Waals surface area (Å²) in [5.74, 6) is -0.204. The van der Waals surface area contributed by atoms with Crippen molar-refractivity contribution in [1.82, 2.24) is 5.32 Å². The van der Waals surface area contributed by atoms with E-state index in [-0.39, 0.29) is 30.5 Å². The highest BCUT2D eigenvalue weighted by Gasteiger charge is 2.25. The molecule has 5 heteroatoms. The molecule has 1 aliphatic rings. The first-order valence-corrected chi connectivity index (χ1v) is 4.32. The first-order chi connectivity index (χ1) is 5.74. The maximum atomic E-state index is 11.1. The maximum Gasteiger partial charge on any atom is 0.323 e. The maximum absolute atomic E-state index is 11.1. The minimum atomic E-state index is -0.310. The first-order valence-electron chi connectivity index (χ1n) is 4.32. The number of aliphatic hydroxyl groups excluding tert-OH is 1. The van der Waals surface area contributed by atoms with Crippen molar-refractivity contribution in [2.75, 3.05) is 13.2 Å². The lowest BCUT2D eigenvalue weighted by Gasteiger charge is -2.25. The molecule has 2 atom stereocenters. The molecule has 0 spiro atoms. The Kier molecular flexibility index (Phi) is 6.03. The van der Waals surface area contributed by atoms with Crippen molar-refractivity contribution < 1.29 is 14.6 Å². The number of carbonyl (C=O) groups excluding carboxylic acids is 1. The lowest BCUT2D eigenvalue weighted by atomic mass is 10.0. The highest BCUT2D eigenvalue weighted by Crippen LogP contribution is 2.08. The second-order valence-corrected chi connectivity index (χ2v) is 2.94. The van der Waals surface area contributed by atoms with Crippen LogP contribution in [-0.2, 0) is 9.53 Å². The number of piperidine rings is 1. The summed E-state index contributed by atoms with van der Waals surface area (Å²) < 4.78 is 4.83. The Balaban J connectivity index is 0.00000144. The Labute approximate surface area is 84.1 Å². The van der Waals surface area contributed by atoms with Crippen molar-refractivity contribution >= 4 is 18.4 Å². The van der Waals surface area contributed by atoms with Crippen LogP contribution < -0.4 is 5.32 Å². The van der Waals surface area contributed by atoms with Gasteiger partial charge in [-0.3, -0.25) is 4.79 Å². The van der Waals surface area contributed by atoms with Gasteiger partial charge in [-0.1, -0.05) is 0 Å². The van der Waals surface area contributed by atoms with Gasteiger partial charge in [-0.15, -0.1) is 12.4 Å². The highest BCUT2D eigenvalue weighted by atomic mass is 35.5. The van der Waals surface area contributed by atoms with Gasteiger partial charge in [0.05, 0.1) is 12.7 Å². The molecule has 0 radical (unpaired) electrons. The number of rotatable bonds is 2. The average molecular weight is 210 g/mol. The summed E-state index contributed by atoms with van der Waals surface area (Å²) in [4.78, 5) is 11.1. The van der Waals surface area contributed by atoms with E-state index in [9.17, 15) is 4.79 Å². The molecule has 0 aliphatic carbocycles. The molecule has 4 nitrogen and oxygen atoms in total. The molecule has 2 N–H and O–H groups in total. The largest absolute Gasteiger partial charge is 0.465 e. The molecule has 1 saturated heterocycles. The fourth-order valence-corrected chi connectivity index (χ4v) is 1.29. The molecule has 13 heavy (non-hydrogen) atoms. The number of ether oxygens (including phenoxy) is 1. The van der Waals surface area contributed by atoms with Gasteiger partial charge in [-0.05, 0) is 19.8 Å². The summed E-state index contributed by atoms with van der Waals surface area (Å²) in [7, 11) is 0. The molecule has 1 rings (SSSR count). The molecule has 0 aromatic rings. The van der Waals surface area contributed by atoms with Gasteiger partial charge in [0.2, 0.25) is 0 Å². The van der Waals surface area contributed by atoms with E-state index < -0.39 is 0 Å². The van der Waals surface area contributed by atoms with E-state index in [0.29, 0.717) is 26.0 Å². The molecule has 0 aromatic heterocycles. The molecule has 0 unspecified atom stereocenters. The molecule has 1 fully saturated rings. The monoisotopic (exact) mass is 209 g/mol. The Morgan fingerprint density at radius 3 is 2.77 bits per heavy atom. The number of hydrogen-bond donors (Lipinski definition) is 2. The minimum Gasteiger partial charge on any atom is -0.465 e. The number of esters is 1. The summed E-state index contributed by atoms with van der Waals surface area (Å²) in [5.41, 5.74) is 0. The third-order valence-electron chi connectivity index (χ3n) is 1.96. The average Bonchev–Trinajstić information content (AvgIpc) is 2.06. The summed E-state index contributed by atoms with van der Waals surface area (Å²) in [6, 6.07) is -0.214. The first kappa shape index (κ1) is 12.7. The molecule has 0 bridgehead atoms. The predicted molar refractivity (Wildman–Crippen MR) is 50.9 cm³/mol. The van der Waals surface area contributed by atoms with Gasteiger partial charge in [0, 0.05) is 6.54 Å². The molecule has 1 aliphatic heterocycles. The topological polar surface area (TPSA) is 58.6 Å². The summed E-state index contributed by atoms with van der Waals surface area (Å²) in [6.07, 6.45) is 1.03. The van der Waals surface area contributed by atoms with Crippen molar-refractivity contribution in [2.24, 2.45) is 0 Å². The van der Waals surface area contributed by atoms with E-state index in [2.05, 4.69) is 5.32 Å². The number of hydrogen-bond acceptors (Lipinski definition) is 4. The summed E-state index contributed by atoms with van der Waals surface area (Å²) in [5, 5.41) is 12.1. The van der Waals surface area contributed by atoms with Crippen LogP contribution in [0, 0.1) is 0 Å². The van der Waals surface area contributed by atoms with Crippen LogP contribution in [0.15, 0.2) is 0 Å². The molecule has 0 saturated carbocycles. The number of nitrogens with one attached hydrogen (secondary N) is 1. The molecular formula is C8H16ClNO3. The summed E-state index contributed by atoms with van der Waals surface area (Å²) >= 11 is 0. The van der Waals surface area contributed by atoms with Crippen molar-refractivity contribution in [1.29, 1.82) is 0 Å². The third kappa shape index (κ3) is 3.93. The zero-order chi connectivity index (χ0) is 8.97. The van der Waals surface area contributed by atoms with Crippen LogP contribution >= 0.6 is 12.4 Å². The van der Waals surface area contributed by atoms with Crippen molar-refractivity contribution in [3.05, 3.63) is 0 Å². The van der Waals surface area contributed by atoms with E-state index in [4.69, 9.17) is 9.84 Å². The lowest BCUT2D eigenvalue weighted by molar-refractivity contribution is -0.146. The molecular weight excluding hydrogens is 194 g/mol. The SMILES string of the molecule is CCOC(=O)[C@@H]1CC[C@H](O)CN1.Cl. The Morgan fingerprint density at radius 1 is 1.62 bits per heavy atom. The highest BCUT2D eigenvalue weighted by molar-refractivity contribution is 5.85. The van der Waals surface area contributed by atoms with Crippen molar-refractivity contribution in [3.8, 4) is 0 Å². The molecule has 1 heterocycles. The smallest absolute Gasteiger partial charge is 0.323 e. The van der Waals surface area contributed by atoms with Gasteiger partial charge in [0.25, 0.3) is 0 Å². The lowest BCUT2D eigenvalue weighted by Crippen LogP contribution is -2.46. The molecule has 78 valence electrons. The van der Waals surface area contributed by atoms with Crippen LogP contribution in [0.25, 0.3) is 0 Å². The van der Waals surface area contributed by atoms with Crippen LogP contribution in [0.4, 0.5) is 0 Å². The van der Waals surface area contributed by atoms with E-state index in [0.717, 1.165) is 0 Å². The van der Waals surface area contributed by atoms with Crippen LogP contribution in [0.5, 0.6) is 0 Å². The molecule has 0 amide bonds. The quantitative estimate of drug-likeness (QED) is 0.633. The van der Waals surface area contributed by atoms with Gasteiger partial charge < -0.3 is 15.2 Å². The van der Waals surface area contributed by atoms with Gasteiger partial charge in [-0.2, -0.15) is 0 Å². The Morgan fingerprint density at radius 2 is 2.31 bits per heavy atom.